The van der Waals surface area contributed by atoms with Gasteiger partial charge in [0, 0.05) is 25.2 Å². The first kappa shape index (κ1) is 14.6. The zero-order valence-electron chi connectivity index (χ0n) is 13.1. The highest BCUT2D eigenvalue weighted by Gasteiger charge is 2.33. The summed E-state index contributed by atoms with van der Waals surface area (Å²) in [6.07, 6.45) is 5.62. The van der Waals surface area contributed by atoms with Crippen molar-refractivity contribution in [3.8, 4) is 0 Å². The van der Waals surface area contributed by atoms with Crippen LogP contribution in [0.2, 0.25) is 0 Å². The standard InChI is InChI=1S/C16H25N3O2/c1-12-14(13(2)21-17-12)11-19-10-4-3-7-15(19)16(20)18-8-5-6-9-18/h15H,3-11H2,1-2H3. The van der Waals surface area contributed by atoms with Gasteiger partial charge in [0.15, 0.2) is 0 Å². The van der Waals surface area contributed by atoms with Crippen LogP contribution in [0.1, 0.15) is 49.1 Å². The zero-order chi connectivity index (χ0) is 14.8. The molecule has 0 radical (unpaired) electrons. The van der Waals surface area contributed by atoms with Gasteiger partial charge in [0.05, 0.1) is 11.7 Å². The van der Waals surface area contributed by atoms with Crippen LogP contribution in [0.3, 0.4) is 0 Å². The Bertz CT molecular complexity index is 486. The Morgan fingerprint density at radius 3 is 2.57 bits per heavy atom. The number of hydrogen-bond acceptors (Lipinski definition) is 4. The van der Waals surface area contributed by atoms with Crippen molar-refractivity contribution in [1.82, 2.24) is 15.0 Å². The number of carbonyl (C=O) groups excluding carboxylic acids is 1. The highest BCUT2D eigenvalue weighted by Crippen LogP contribution is 2.25. The van der Waals surface area contributed by atoms with E-state index in [1.807, 2.05) is 13.8 Å². The second kappa shape index (κ2) is 6.18. The maximum absolute atomic E-state index is 12.8. The molecule has 1 atom stereocenters. The molecular weight excluding hydrogens is 266 g/mol. The molecule has 2 saturated heterocycles. The van der Waals surface area contributed by atoms with Crippen LogP contribution in [-0.2, 0) is 11.3 Å². The first-order chi connectivity index (χ1) is 10.2. The SMILES string of the molecule is Cc1noc(C)c1CN1CCCCC1C(=O)N1CCCC1. The molecule has 0 spiro atoms. The molecule has 0 N–H and O–H groups in total. The summed E-state index contributed by atoms with van der Waals surface area (Å²) in [6.45, 7) is 7.59. The molecule has 0 aromatic carbocycles. The van der Waals surface area contributed by atoms with Crippen LogP contribution in [0.15, 0.2) is 4.52 Å². The van der Waals surface area contributed by atoms with Crippen LogP contribution in [0.5, 0.6) is 0 Å². The van der Waals surface area contributed by atoms with Crippen molar-refractivity contribution in [1.29, 1.82) is 0 Å². The van der Waals surface area contributed by atoms with Crippen LogP contribution < -0.4 is 0 Å². The monoisotopic (exact) mass is 291 g/mol. The molecule has 1 amide bonds. The van der Waals surface area contributed by atoms with Crippen molar-refractivity contribution < 1.29 is 9.32 Å². The van der Waals surface area contributed by atoms with Crippen LogP contribution >= 0.6 is 0 Å². The molecule has 5 heteroatoms. The molecule has 0 saturated carbocycles. The maximum Gasteiger partial charge on any atom is 0.239 e. The first-order valence-electron chi connectivity index (χ1n) is 8.11. The Kier molecular flexibility index (Phi) is 4.29. The van der Waals surface area contributed by atoms with Gasteiger partial charge in [0.1, 0.15) is 5.76 Å². The summed E-state index contributed by atoms with van der Waals surface area (Å²) in [5, 5.41) is 4.03. The molecule has 3 heterocycles. The van der Waals surface area contributed by atoms with Gasteiger partial charge in [0.25, 0.3) is 0 Å². The predicted molar refractivity (Wildman–Crippen MR) is 79.8 cm³/mol. The summed E-state index contributed by atoms with van der Waals surface area (Å²) in [6, 6.07) is 0.0468. The number of likely N-dealkylation sites (tertiary alicyclic amines) is 2. The van der Waals surface area contributed by atoms with E-state index >= 15 is 0 Å². The number of carbonyl (C=O) groups is 1. The second-order valence-electron chi connectivity index (χ2n) is 6.32. The Morgan fingerprint density at radius 1 is 1.19 bits per heavy atom. The fourth-order valence-electron chi connectivity index (χ4n) is 3.54. The van der Waals surface area contributed by atoms with Crippen LogP contribution in [0, 0.1) is 13.8 Å². The number of rotatable bonds is 3. The van der Waals surface area contributed by atoms with Gasteiger partial charge in [-0.15, -0.1) is 0 Å². The van der Waals surface area contributed by atoms with E-state index in [2.05, 4.69) is 15.0 Å². The highest BCUT2D eigenvalue weighted by molar-refractivity contribution is 5.82. The average molecular weight is 291 g/mol. The number of aryl methyl sites for hydroxylation is 2. The van der Waals surface area contributed by atoms with E-state index < -0.39 is 0 Å². The van der Waals surface area contributed by atoms with E-state index in [0.29, 0.717) is 5.91 Å². The zero-order valence-corrected chi connectivity index (χ0v) is 13.1. The van der Waals surface area contributed by atoms with Crippen LogP contribution in [-0.4, -0.2) is 46.5 Å². The molecule has 5 nitrogen and oxygen atoms in total. The number of hydrogen-bond donors (Lipinski definition) is 0. The van der Waals surface area contributed by atoms with Gasteiger partial charge in [-0.2, -0.15) is 0 Å². The Labute approximate surface area is 126 Å². The molecule has 0 aliphatic carbocycles. The van der Waals surface area contributed by atoms with E-state index in [0.717, 1.165) is 68.9 Å². The molecule has 1 aromatic heterocycles. The summed E-state index contributed by atoms with van der Waals surface area (Å²) in [5.41, 5.74) is 2.10. The molecule has 116 valence electrons. The summed E-state index contributed by atoms with van der Waals surface area (Å²) < 4.78 is 5.26. The van der Waals surface area contributed by atoms with Crippen molar-refractivity contribution >= 4 is 5.91 Å². The van der Waals surface area contributed by atoms with E-state index in [1.54, 1.807) is 0 Å². The molecule has 1 aromatic rings. The second-order valence-corrected chi connectivity index (χ2v) is 6.32. The molecule has 21 heavy (non-hydrogen) atoms. The van der Waals surface area contributed by atoms with Gasteiger partial charge in [-0.25, -0.2) is 0 Å². The minimum Gasteiger partial charge on any atom is -0.361 e. The first-order valence-corrected chi connectivity index (χ1v) is 8.11. The van der Waals surface area contributed by atoms with Gasteiger partial charge in [-0.3, -0.25) is 9.69 Å². The van der Waals surface area contributed by atoms with Crippen molar-refractivity contribution in [3.63, 3.8) is 0 Å². The Balaban J connectivity index is 1.73. The maximum atomic E-state index is 12.8. The van der Waals surface area contributed by atoms with E-state index in [-0.39, 0.29) is 6.04 Å². The quantitative estimate of drug-likeness (QED) is 0.857. The number of aromatic nitrogens is 1. The summed E-state index contributed by atoms with van der Waals surface area (Å²) in [7, 11) is 0. The fraction of sp³-hybridized carbons (Fsp3) is 0.750. The van der Waals surface area contributed by atoms with E-state index in [9.17, 15) is 4.79 Å². The lowest BCUT2D eigenvalue weighted by molar-refractivity contribution is -0.137. The topological polar surface area (TPSA) is 49.6 Å². The van der Waals surface area contributed by atoms with E-state index in [4.69, 9.17) is 4.52 Å². The third-order valence-corrected chi connectivity index (χ3v) is 4.86. The fourth-order valence-corrected chi connectivity index (χ4v) is 3.54. The van der Waals surface area contributed by atoms with Crippen molar-refractivity contribution in [2.75, 3.05) is 19.6 Å². The van der Waals surface area contributed by atoms with Crippen LogP contribution in [0.25, 0.3) is 0 Å². The largest absolute Gasteiger partial charge is 0.361 e. The van der Waals surface area contributed by atoms with E-state index in [1.165, 1.54) is 6.42 Å². The minimum atomic E-state index is 0.0468. The Morgan fingerprint density at radius 2 is 1.90 bits per heavy atom. The molecular formula is C16H25N3O2. The van der Waals surface area contributed by atoms with Crippen molar-refractivity contribution in [2.45, 2.75) is 58.5 Å². The smallest absolute Gasteiger partial charge is 0.239 e. The van der Waals surface area contributed by atoms with Gasteiger partial charge < -0.3 is 9.42 Å². The summed E-state index contributed by atoms with van der Waals surface area (Å²) in [5.74, 6) is 1.21. The Hall–Kier alpha value is -1.36. The molecule has 2 aliphatic heterocycles. The van der Waals surface area contributed by atoms with Crippen molar-refractivity contribution in [2.24, 2.45) is 0 Å². The number of piperidine rings is 1. The molecule has 2 aliphatic rings. The minimum absolute atomic E-state index is 0.0468. The number of nitrogens with zero attached hydrogens (tertiary/aromatic N) is 3. The molecule has 2 fully saturated rings. The number of amides is 1. The normalized spacial score (nSPS) is 23.7. The van der Waals surface area contributed by atoms with Gasteiger partial charge in [-0.05, 0) is 46.1 Å². The highest BCUT2D eigenvalue weighted by atomic mass is 16.5. The lowest BCUT2D eigenvalue weighted by Crippen LogP contribution is -2.49. The molecule has 3 rings (SSSR count). The summed E-state index contributed by atoms with van der Waals surface area (Å²) >= 11 is 0. The van der Waals surface area contributed by atoms with Gasteiger partial charge in [0.2, 0.25) is 5.91 Å². The summed E-state index contributed by atoms with van der Waals surface area (Å²) in [4.78, 5) is 17.1. The van der Waals surface area contributed by atoms with Gasteiger partial charge >= 0.3 is 0 Å². The molecule has 1 unspecified atom stereocenters. The van der Waals surface area contributed by atoms with Crippen LogP contribution in [0.4, 0.5) is 0 Å². The van der Waals surface area contributed by atoms with Gasteiger partial charge in [-0.1, -0.05) is 11.6 Å². The lowest BCUT2D eigenvalue weighted by Gasteiger charge is -2.36. The lowest BCUT2D eigenvalue weighted by atomic mass is 9.99. The predicted octanol–water partition coefficient (Wildman–Crippen LogP) is 2.27. The third kappa shape index (κ3) is 2.98. The molecule has 0 bridgehead atoms. The average Bonchev–Trinajstić information content (AvgIpc) is 3.13. The third-order valence-electron chi connectivity index (χ3n) is 4.86. The van der Waals surface area contributed by atoms with Crippen molar-refractivity contribution in [3.05, 3.63) is 17.0 Å².